The molecule has 1 aliphatic rings. The molecule has 1 aliphatic heterocycles. The van der Waals surface area contributed by atoms with Gasteiger partial charge in [0.05, 0.1) is 12.2 Å². The fraction of sp³-hybridized carbons (Fsp3) is 0.467. The molecule has 0 unspecified atom stereocenters. The highest BCUT2D eigenvalue weighted by Crippen LogP contribution is 2.19. The molecule has 1 aromatic rings. The van der Waals surface area contributed by atoms with Crippen LogP contribution < -0.4 is 10.5 Å². The Morgan fingerprint density at radius 2 is 1.71 bits per heavy atom. The fourth-order valence-corrected chi connectivity index (χ4v) is 2.29. The molecule has 114 valence electrons. The molecule has 0 spiro atoms. The zero-order valence-corrected chi connectivity index (χ0v) is 12.2. The number of nitrogen functional groups attached to an aromatic ring is 1. The number of nitrogens with two attached hydrogens (primary N) is 1. The number of amides is 2. The highest BCUT2D eigenvalue weighted by atomic mass is 16.5. The molecule has 1 aromatic carbocycles. The van der Waals surface area contributed by atoms with Crippen molar-refractivity contribution in [3.8, 4) is 5.75 Å². The lowest BCUT2D eigenvalue weighted by atomic mass is 10.2. The zero-order chi connectivity index (χ0) is 15.2. The summed E-state index contributed by atoms with van der Waals surface area (Å²) >= 11 is 0. The van der Waals surface area contributed by atoms with Gasteiger partial charge in [0.1, 0.15) is 12.4 Å². The molecule has 0 aliphatic carbocycles. The predicted molar refractivity (Wildman–Crippen MR) is 79.8 cm³/mol. The Morgan fingerprint density at radius 3 is 2.33 bits per heavy atom. The number of rotatable bonds is 6. The van der Waals surface area contributed by atoms with Crippen LogP contribution in [0.25, 0.3) is 0 Å². The van der Waals surface area contributed by atoms with Crippen LogP contribution in [0, 0.1) is 0 Å². The van der Waals surface area contributed by atoms with Crippen molar-refractivity contribution in [3.63, 3.8) is 0 Å². The van der Waals surface area contributed by atoms with Gasteiger partial charge in [0.25, 0.3) is 0 Å². The number of benzene rings is 1. The summed E-state index contributed by atoms with van der Waals surface area (Å²) in [5.74, 6) is -0.262. The number of hydrogen-bond donors (Lipinski definition) is 1. The summed E-state index contributed by atoms with van der Waals surface area (Å²) < 4.78 is 5.55. The summed E-state index contributed by atoms with van der Waals surface area (Å²) in [5.41, 5.74) is 6.34. The maximum atomic E-state index is 12.0. The topological polar surface area (TPSA) is 75.9 Å². The van der Waals surface area contributed by atoms with E-state index < -0.39 is 11.8 Å². The van der Waals surface area contributed by atoms with Crippen LogP contribution in [-0.2, 0) is 9.59 Å². The Morgan fingerprint density at radius 1 is 1.10 bits per heavy atom. The average Bonchev–Trinajstić information content (AvgIpc) is 2.48. The molecule has 0 aromatic heterocycles. The number of piperazine rings is 1. The first-order chi connectivity index (χ1) is 10.1. The first-order valence-electron chi connectivity index (χ1n) is 7.19. The third-order valence-corrected chi connectivity index (χ3v) is 3.43. The second kappa shape index (κ2) is 6.97. The van der Waals surface area contributed by atoms with Crippen LogP contribution in [0.2, 0.25) is 0 Å². The minimum Gasteiger partial charge on any atom is -0.490 e. The van der Waals surface area contributed by atoms with Gasteiger partial charge in [-0.05, 0) is 18.6 Å². The quantitative estimate of drug-likeness (QED) is 0.619. The van der Waals surface area contributed by atoms with Crippen molar-refractivity contribution in [2.45, 2.75) is 13.3 Å². The van der Waals surface area contributed by atoms with Gasteiger partial charge in [0.15, 0.2) is 0 Å². The van der Waals surface area contributed by atoms with E-state index in [1.807, 2.05) is 19.1 Å². The summed E-state index contributed by atoms with van der Waals surface area (Å²) in [7, 11) is 0. The van der Waals surface area contributed by atoms with Gasteiger partial charge in [-0.3, -0.25) is 9.59 Å². The molecule has 21 heavy (non-hydrogen) atoms. The van der Waals surface area contributed by atoms with Crippen molar-refractivity contribution in [2.24, 2.45) is 0 Å². The summed E-state index contributed by atoms with van der Waals surface area (Å²) in [5, 5.41) is 0. The minimum atomic E-state index is -0.445. The van der Waals surface area contributed by atoms with Crippen molar-refractivity contribution in [1.29, 1.82) is 0 Å². The summed E-state index contributed by atoms with van der Waals surface area (Å²) in [6.07, 6.45) is 0.857. The molecule has 0 bridgehead atoms. The second-order valence-electron chi connectivity index (χ2n) is 4.97. The fourth-order valence-electron chi connectivity index (χ4n) is 2.29. The second-order valence-corrected chi connectivity index (χ2v) is 4.97. The largest absolute Gasteiger partial charge is 0.490 e. The van der Waals surface area contributed by atoms with E-state index in [0.29, 0.717) is 44.2 Å². The Balaban J connectivity index is 1.83. The van der Waals surface area contributed by atoms with Gasteiger partial charge in [0, 0.05) is 19.6 Å². The van der Waals surface area contributed by atoms with Crippen molar-refractivity contribution in [2.75, 3.05) is 38.5 Å². The zero-order valence-electron chi connectivity index (χ0n) is 12.2. The molecule has 1 heterocycles. The Kier molecular flexibility index (Phi) is 5.03. The van der Waals surface area contributed by atoms with E-state index in [1.54, 1.807) is 17.0 Å². The standard InChI is InChI=1S/C15H21N3O3/c1-2-7-17-8-9-18(15(20)14(17)19)10-11-21-13-6-4-3-5-12(13)16/h3-6H,2,7-11,16H2,1H3. The van der Waals surface area contributed by atoms with Gasteiger partial charge in [-0.15, -0.1) is 0 Å². The van der Waals surface area contributed by atoms with Crippen LogP contribution >= 0.6 is 0 Å². The Labute approximate surface area is 124 Å². The van der Waals surface area contributed by atoms with E-state index in [0.717, 1.165) is 6.42 Å². The van der Waals surface area contributed by atoms with E-state index >= 15 is 0 Å². The number of ether oxygens (including phenoxy) is 1. The smallest absolute Gasteiger partial charge is 0.312 e. The van der Waals surface area contributed by atoms with Gasteiger partial charge in [0.2, 0.25) is 0 Å². The Bertz CT molecular complexity index is 519. The lowest BCUT2D eigenvalue weighted by Gasteiger charge is -2.33. The number of hydrogen-bond acceptors (Lipinski definition) is 4. The van der Waals surface area contributed by atoms with Crippen LogP contribution in [0.15, 0.2) is 24.3 Å². The summed E-state index contributed by atoms with van der Waals surface area (Å²) in [6, 6.07) is 7.20. The van der Waals surface area contributed by atoms with E-state index in [2.05, 4.69) is 0 Å². The molecule has 1 saturated heterocycles. The summed E-state index contributed by atoms with van der Waals surface area (Å²) in [4.78, 5) is 27.0. The molecular weight excluding hydrogens is 270 g/mol. The van der Waals surface area contributed by atoms with Crippen LogP contribution in [0.1, 0.15) is 13.3 Å². The van der Waals surface area contributed by atoms with Crippen molar-refractivity contribution < 1.29 is 14.3 Å². The lowest BCUT2D eigenvalue weighted by Crippen LogP contribution is -2.55. The van der Waals surface area contributed by atoms with Gasteiger partial charge >= 0.3 is 11.8 Å². The molecular formula is C15H21N3O3. The molecule has 6 nitrogen and oxygen atoms in total. The van der Waals surface area contributed by atoms with E-state index in [1.165, 1.54) is 4.90 Å². The molecule has 1 fully saturated rings. The highest BCUT2D eigenvalue weighted by molar-refractivity contribution is 6.35. The molecule has 0 atom stereocenters. The first-order valence-corrected chi connectivity index (χ1v) is 7.19. The van der Waals surface area contributed by atoms with E-state index in [4.69, 9.17) is 10.5 Å². The van der Waals surface area contributed by atoms with Gasteiger partial charge < -0.3 is 20.3 Å². The highest BCUT2D eigenvalue weighted by Gasteiger charge is 2.31. The van der Waals surface area contributed by atoms with Crippen LogP contribution in [0.4, 0.5) is 5.69 Å². The molecule has 2 N–H and O–H groups in total. The number of nitrogens with zero attached hydrogens (tertiary/aromatic N) is 2. The maximum Gasteiger partial charge on any atom is 0.312 e. The summed E-state index contributed by atoms with van der Waals surface area (Å²) in [6.45, 7) is 4.47. The number of carbonyl (C=O) groups excluding carboxylic acids is 2. The third-order valence-electron chi connectivity index (χ3n) is 3.43. The molecule has 6 heteroatoms. The first kappa shape index (κ1) is 15.2. The van der Waals surface area contributed by atoms with Crippen LogP contribution in [0.3, 0.4) is 0 Å². The minimum absolute atomic E-state index is 0.320. The van der Waals surface area contributed by atoms with Gasteiger partial charge in [-0.25, -0.2) is 0 Å². The number of carbonyl (C=O) groups is 2. The van der Waals surface area contributed by atoms with Crippen molar-refractivity contribution >= 4 is 17.5 Å². The van der Waals surface area contributed by atoms with Crippen LogP contribution in [0.5, 0.6) is 5.75 Å². The Hall–Kier alpha value is -2.24. The van der Waals surface area contributed by atoms with Gasteiger partial charge in [-0.1, -0.05) is 19.1 Å². The van der Waals surface area contributed by atoms with E-state index in [9.17, 15) is 9.59 Å². The third kappa shape index (κ3) is 3.65. The van der Waals surface area contributed by atoms with Crippen LogP contribution in [-0.4, -0.2) is 54.4 Å². The molecule has 2 rings (SSSR count). The normalized spacial score (nSPS) is 15.5. The van der Waals surface area contributed by atoms with Crippen molar-refractivity contribution in [1.82, 2.24) is 9.80 Å². The number of anilines is 1. The predicted octanol–water partition coefficient (Wildman–Crippen LogP) is 0.728. The SMILES string of the molecule is CCCN1CCN(CCOc2ccccc2N)C(=O)C1=O. The van der Waals surface area contributed by atoms with Crippen molar-refractivity contribution in [3.05, 3.63) is 24.3 Å². The van der Waals surface area contributed by atoms with Gasteiger partial charge in [-0.2, -0.15) is 0 Å². The number of para-hydroxylation sites is 2. The molecule has 0 radical (unpaired) electrons. The molecule has 2 amide bonds. The average molecular weight is 291 g/mol. The molecule has 0 saturated carbocycles. The monoisotopic (exact) mass is 291 g/mol. The van der Waals surface area contributed by atoms with E-state index in [-0.39, 0.29) is 0 Å². The lowest BCUT2D eigenvalue weighted by molar-refractivity contribution is -0.156. The maximum absolute atomic E-state index is 12.0.